The summed E-state index contributed by atoms with van der Waals surface area (Å²) in [6.07, 6.45) is 7.53. The van der Waals surface area contributed by atoms with Gasteiger partial charge in [0.1, 0.15) is 0 Å². The molecule has 0 amide bonds. The number of rotatable bonds is 5. The minimum atomic E-state index is 0.462. The van der Waals surface area contributed by atoms with Crippen LogP contribution in [0.3, 0.4) is 0 Å². The molecule has 1 aliphatic rings. The summed E-state index contributed by atoms with van der Waals surface area (Å²) in [5, 5.41) is 7.12. The van der Waals surface area contributed by atoms with E-state index >= 15 is 0 Å². The van der Waals surface area contributed by atoms with Crippen molar-refractivity contribution in [3.63, 3.8) is 0 Å². The van der Waals surface area contributed by atoms with Gasteiger partial charge in [0.15, 0.2) is 0 Å². The Morgan fingerprint density at radius 1 is 1.56 bits per heavy atom. The van der Waals surface area contributed by atoms with E-state index < -0.39 is 0 Å². The summed E-state index contributed by atoms with van der Waals surface area (Å²) in [6.45, 7) is 3.42. The van der Waals surface area contributed by atoms with Crippen LogP contribution in [-0.4, -0.2) is 37.7 Å². The third-order valence-electron chi connectivity index (χ3n) is 3.48. The van der Waals surface area contributed by atoms with Gasteiger partial charge in [-0.25, -0.2) is 0 Å². The lowest BCUT2D eigenvalue weighted by molar-refractivity contribution is 0.523. The molecule has 0 bridgehead atoms. The van der Waals surface area contributed by atoms with Crippen molar-refractivity contribution in [1.29, 1.82) is 0 Å². The molecule has 100 valence electrons. The van der Waals surface area contributed by atoms with E-state index in [0.29, 0.717) is 12.1 Å². The first-order chi connectivity index (χ1) is 8.66. The highest BCUT2D eigenvalue weighted by molar-refractivity contribution is 5.68. The molecule has 2 heterocycles. The fourth-order valence-electron chi connectivity index (χ4n) is 2.60. The van der Waals surface area contributed by atoms with E-state index in [1.165, 1.54) is 31.5 Å². The lowest BCUT2D eigenvalue weighted by Gasteiger charge is -2.23. The molecule has 2 unspecified atom stereocenters. The zero-order valence-corrected chi connectivity index (χ0v) is 11.6. The lowest BCUT2D eigenvalue weighted by Crippen LogP contribution is -2.29. The van der Waals surface area contributed by atoms with Crippen molar-refractivity contribution in [2.45, 2.75) is 38.3 Å². The second-order valence-corrected chi connectivity index (χ2v) is 5.36. The summed E-state index contributed by atoms with van der Waals surface area (Å²) in [5.41, 5.74) is 2.31. The molecule has 2 rings (SSSR count). The van der Waals surface area contributed by atoms with E-state index in [0.717, 1.165) is 5.69 Å². The Morgan fingerprint density at radius 3 is 3.06 bits per heavy atom. The van der Waals surface area contributed by atoms with Crippen LogP contribution in [0.2, 0.25) is 0 Å². The fourth-order valence-corrected chi connectivity index (χ4v) is 2.60. The van der Waals surface area contributed by atoms with Gasteiger partial charge in [-0.15, -0.1) is 0 Å². The van der Waals surface area contributed by atoms with Crippen LogP contribution in [0, 0.1) is 0 Å². The zero-order valence-electron chi connectivity index (χ0n) is 11.6. The van der Waals surface area contributed by atoms with Crippen LogP contribution >= 0.6 is 0 Å². The summed E-state index contributed by atoms with van der Waals surface area (Å²) in [7, 11) is 4.12. The van der Waals surface area contributed by atoms with Gasteiger partial charge < -0.3 is 15.5 Å². The smallest absolute Gasteiger partial charge is 0.0766 e. The van der Waals surface area contributed by atoms with Gasteiger partial charge in [0, 0.05) is 32.4 Å². The van der Waals surface area contributed by atoms with Crippen molar-refractivity contribution in [2.24, 2.45) is 0 Å². The molecule has 1 fully saturated rings. The summed E-state index contributed by atoms with van der Waals surface area (Å²) in [6, 6.07) is 3.18. The number of aromatic nitrogens is 1. The van der Waals surface area contributed by atoms with E-state index in [4.69, 9.17) is 0 Å². The highest BCUT2D eigenvalue weighted by Crippen LogP contribution is 2.24. The zero-order chi connectivity index (χ0) is 13.0. The van der Waals surface area contributed by atoms with Crippen LogP contribution in [-0.2, 0) is 0 Å². The van der Waals surface area contributed by atoms with Crippen molar-refractivity contribution in [3.05, 3.63) is 18.5 Å². The average Bonchev–Trinajstić information content (AvgIpc) is 2.82. The van der Waals surface area contributed by atoms with Crippen LogP contribution in [0.15, 0.2) is 18.5 Å². The SMILES string of the molecule is CC(CC1CCCN1)Nc1cnccc1N(C)C. The lowest BCUT2D eigenvalue weighted by atomic mass is 10.1. The normalized spacial score (nSPS) is 20.7. The van der Waals surface area contributed by atoms with Gasteiger partial charge in [-0.1, -0.05) is 0 Å². The molecule has 0 spiro atoms. The quantitative estimate of drug-likeness (QED) is 0.837. The standard InChI is InChI=1S/C14H24N4/c1-11(9-12-5-4-7-16-12)17-13-10-15-8-6-14(13)18(2)3/h6,8,10-12,16-17H,4-5,7,9H2,1-3H3. The van der Waals surface area contributed by atoms with Gasteiger partial charge in [0.2, 0.25) is 0 Å². The Hall–Kier alpha value is -1.29. The van der Waals surface area contributed by atoms with Gasteiger partial charge in [0.25, 0.3) is 0 Å². The number of pyridine rings is 1. The molecule has 1 aromatic rings. The monoisotopic (exact) mass is 248 g/mol. The minimum Gasteiger partial charge on any atom is -0.380 e. The molecule has 0 aromatic carbocycles. The highest BCUT2D eigenvalue weighted by atomic mass is 15.1. The summed E-state index contributed by atoms with van der Waals surface area (Å²) >= 11 is 0. The Balaban J connectivity index is 1.95. The van der Waals surface area contributed by atoms with Crippen molar-refractivity contribution >= 4 is 11.4 Å². The topological polar surface area (TPSA) is 40.2 Å². The Bertz CT molecular complexity index is 372. The van der Waals surface area contributed by atoms with Gasteiger partial charge in [-0.05, 0) is 38.8 Å². The molecule has 0 aliphatic carbocycles. The van der Waals surface area contributed by atoms with Crippen molar-refractivity contribution in [1.82, 2.24) is 10.3 Å². The summed E-state index contributed by atoms with van der Waals surface area (Å²) in [4.78, 5) is 6.32. The van der Waals surface area contributed by atoms with Crippen molar-refractivity contribution in [2.75, 3.05) is 30.9 Å². The first-order valence-corrected chi connectivity index (χ1v) is 6.78. The third-order valence-corrected chi connectivity index (χ3v) is 3.48. The number of anilines is 2. The predicted octanol–water partition coefficient (Wildman–Crippen LogP) is 2.09. The Morgan fingerprint density at radius 2 is 2.39 bits per heavy atom. The molecule has 4 nitrogen and oxygen atoms in total. The minimum absolute atomic E-state index is 0.462. The second kappa shape index (κ2) is 6.05. The Kier molecular flexibility index (Phi) is 4.42. The highest BCUT2D eigenvalue weighted by Gasteiger charge is 2.17. The third kappa shape index (κ3) is 3.35. The van der Waals surface area contributed by atoms with E-state index in [1.54, 1.807) is 0 Å². The molecular formula is C14H24N4. The van der Waals surface area contributed by atoms with E-state index in [-0.39, 0.29) is 0 Å². The fraction of sp³-hybridized carbons (Fsp3) is 0.643. The second-order valence-electron chi connectivity index (χ2n) is 5.36. The molecule has 1 saturated heterocycles. The van der Waals surface area contributed by atoms with Gasteiger partial charge in [-0.3, -0.25) is 4.98 Å². The molecule has 18 heavy (non-hydrogen) atoms. The number of hydrogen-bond acceptors (Lipinski definition) is 4. The van der Waals surface area contributed by atoms with Crippen molar-refractivity contribution < 1.29 is 0 Å². The van der Waals surface area contributed by atoms with Crippen molar-refractivity contribution in [3.8, 4) is 0 Å². The largest absolute Gasteiger partial charge is 0.380 e. The van der Waals surface area contributed by atoms with Crippen LogP contribution in [0.25, 0.3) is 0 Å². The summed E-state index contributed by atoms with van der Waals surface area (Å²) in [5.74, 6) is 0. The molecule has 4 heteroatoms. The number of hydrogen-bond donors (Lipinski definition) is 2. The predicted molar refractivity (Wildman–Crippen MR) is 77.3 cm³/mol. The molecule has 0 saturated carbocycles. The molecule has 1 aliphatic heterocycles. The maximum atomic E-state index is 4.21. The van der Waals surface area contributed by atoms with Gasteiger partial charge >= 0.3 is 0 Å². The molecule has 0 radical (unpaired) electrons. The Labute approximate surface area is 110 Å². The first-order valence-electron chi connectivity index (χ1n) is 6.78. The molecular weight excluding hydrogens is 224 g/mol. The van der Waals surface area contributed by atoms with Gasteiger partial charge in [0.05, 0.1) is 17.6 Å². The molecule has 2 atom stereocenters. The van der Waals surface area contributed by atoms with Crippen LogP contribution in [0.4, 0.5) is 11.4 Å². The van der Waals surface area contributed by atoms with Crippen LogP contribution in [0.5, 0.6) is 0 Å². The number of nitrogens with zero attached hydrogens (tertiary/aromatic N) is 2. The van der Waals surface area contributed by atoms with E-state index in [2.05, 4.69) is 41.5 Å². The van der Waals surface area contributed by atoms with E-state index in [1.807, 2.05) is 18.5 Å². The molecule has 1 aromatic heterocycles. The van der Waals surface area contributed by atoms with Crippen LogP contribution in [0.1, 0.15) is 26.2 Å². The number of nitrogens with one attached hydrogen (secondary N) is 2. The van der Waals surface area contributed by atoms with Crippen LogP contribution < -0.4 is 15.5 Å². The van der Waals surface area contributed by atoms with Gasteiger partial charge in [-0.2, -0.15) is 0 Å². The average molecular weight is 248 g/mol. The van der Waals surface area contributed by atoms with E-state index in [9.17, 15) is 0 Å². The maximum Gasteiger partial charge on any atom is 0.0766 e. The molecule has 2 N–H and O–H groups in total. The maximum absolute atomic E-state index is 4.21. The first kappa shape index (κ1) is 13.1. The summed E-state index contributed by atoms with van der Waals surface area (Å²) < 4.78 is 0.